The lowest BCUT2D eigenvalue weighted by atomic mass is 10.2. The number of aromatic nitrogens is 1. The first-order valence-electron chi connectivity index (χ1n) is 4.99. The van der Waals surface area contributed by atoms with E-state index < -0.39 is 0 Å². The Hall–Kier alpha value is -1.86. The van der Waals surface area contributed by atoms with Crippen LogP contribution in [0, 0.1) is 11.3 Å². The maximum Gasteiger partial charge on any atom is 0.0992 e. The van der Waals surface area contributed by atoms with Crippen LogP contribution in [0.25, 0.3) is 0 Å². The molecule has 1 N–H and O–H groups in total. The Morgan fingerprint density at radius 2 is 2.38 bits per heavy atom. The maximum atomic E-state index is 8.75. The fourth-order valence-electron chi connectivity index (χ4n) is 1.39. The minimum absolute atomic E-state index is 0.679. The summed E-state index contributed by atoms with van der Waals surface area (Å²) in [5.41, 5.74) is 4.60. The lowest BCUT2D eigenvalue weighted by Crippen LogP contribution is -2.04. The van der Waals surface area contributed by atoms with E-state index in [2.05, 4.69) is 16.4 Å². The SMILES string of the molecule is N#Cc1cccc(NCCc2cscn2)c1. The smallest absolute Gasteiger partial charge is 0.0992 e. The summed E-state index contributed by atoms with van der Waals surface area (Å²) in [4.78, 5) is 4.21. The van der Waals surface area contributed by atoms with Crippen LogP contribution in [0.3, 0.4) is 0 Å². The molecule has 1 heterocycles. The fraction of sp³-hybridized carbons (Fsp3) is 0.167. The summed E-state index contributed by atoms with van der Waals surface area (Å²) in [7, 11) is 0. The van der Waals surface area contributed by atoms with Gasteiger partial charge in [-0.15, -0.1) is 11.3 Å². The van der Waals surface area contributed by atoms with Gasteiger partial charge in [0.15, 0.2) is 0 Å². The highest BCUT2D eigenvalue weighted by atomic mass is 32.1. The average molecular weight is 229 g/mol. The van der Waals surface area contributed by atoms with Gasteiger partial charge in [0.05, 0.1) is 22.8 Å². The number of rotatable bonds is 4. The first-order valence-corrected chi connectivity index (χ1v) is 5.94. The molecule has 1 aromatic carbocycles. The Bertz CT molecular complexity index is 485. The van der Waals surface area contributed by atoms with Crippen LogP contribution in [0.4, 0.5) is 5.69 Å². The van der Waals surface area contributed by atoms with Gasteiger partial charge in [0.25, 0.3) is 0 Å². The summed E-state index contributed by atoms with van der Waals surface area (Å²) in [6.07, 6.45) is 0.903. The van der Waals surface area contributed by atoms with Crippen molar-refractivity contribution in [1.29, 1.82) is 5.26 Å². The second-order valence-corrected chi connectivity index (χ2v) is 4.07. The van der Waals surface area contributed by atoms with Gasteiger partial charge in [-0.2, -0.15) is 5.26 Å². The van der Waals surface area contributed by atoms with Crippen LogP contribution in [0.15, 0.2) is 35.2 Å². The van der Waals surface area contributed by atoms with Crippen molar-refractivity contribution in [2.24, 2.45) is 0 Å². The molecule has 0 unspecified atom stereocenters. The number of nitrogens with one attached hydrogen (secondary N) is 1. The lowest BCUT2D eigenvalue weighted by molar-refractivity contribution is 0.977. The van der Waals surface area contributed by atoms with E-state index in [9.17, 15) is 0 Å². The molecule has 0 fully saturated rings. The molecule has 80 valence electrons. The van der Waals surface area contributed by atoms with E-state index in [1.54, 1.807) is 17.4 Å². The number of thiazole rings is 1. The minimum Gasteiger partial charge on any atom is -0.385 e. The van der Waals surface area contributed by atoms with E-state index in [-0.39, 0.29) is 0 Å². The quantitative estimate of drug-likeness (QED) is 0.876. The van der Waals surface area contributed by atoms with E-state index in [1.807, 2.05) is 29.1 Å². The van der Waals surface area contributed by atoms with Gasteiger partial charge in [-0.3, -0.25) is 0 Å². The first-order chi connectivity index (χ1) is 7.88. The third kappa shape index (κ3) is 2.81. The average Bonchev–Trinajstić information content (AvgIpc) is 2.82. The van der Waals surface area contributed by atoms with Crippen molar-refractivity contribution in [3.63, 3.8) is 0 Å². The van der Waals surface area contributed by atoms with Crippen molar-refractivity contribution in [3.8, 4) is 6.07 Å². The topological polar surface area (TPSA) is 48.7 Å². The molecule has 0 aliphatic carbocycles. The largest absolute Gasteiger partial charge is 0.385 e. The fourth-order valence-corrected chi connectivity index (χ4v) is 1.99. The Labute approximate surface area is 98.4 Å². The summed E-state index contributed by atoms with van der Waals surface area (Å²) in [6.45, 7) is 0.832. The molecular weight excluding hydrogens is 218 g/mol. The molecule has 1 aromatic heterocycles. The van der Waals surface area contributed by atoms with Gasteiger partial charge < -0.3 is 5.32 Å². The van der Waals surface area contributed by atoms with Crippen molar-refractivity contribution in [3.05, 3.63) is 46.4 Å². The second-order valence-electron chi connectivity index (χ2n) is 3.35. The normalized spacial score (nSPS) is 9.69. The number of hydrogen-bond acceptors (Lipinski definition) is 4. The lowest BCUT2D eigenvalue weighted by Gasteiger charge is -2.04. The molecule has 0 bridgehead atoms. The van der Waals surface area contributed by atoms with Gasteiger partial charge >= 0.3 is 0 Å². The first kappa shape index (κ1) is 10.7. The molecule has 0 saturated carbocycles. The van der Waals surface area contributed by atoms with Gasteiger partial charge in [-0.05, 0) is 18.2 Å². The molecule has 3 nitrogen and oxygen atoms in total. The van der Waals surface area contributed by atoms with Crippen LogP contribution in [-0.2, 0) is 6.42 Å². The standard InChI is InChI=1S/C12H11N3S/c13-7-10-2-1-3-11(6-10)14-5-4-12-8-16-9-15-12/h1-3,6,8-9,14H,4-5H2. The zero-order valence-corrected chi connectivity index (χ0v) is 9.50. The van der Waals surface area contributed by atoms with Gasteiger partial charge in [0, 0.05) is 24.0 Å². The van der Waals surface area contributed by atoms with Gasteiger partial charge in [0.2, 0.25) is 0 Å². The van der Waals surface area contributed by atoms with Crippen molar-refractivity contribution >= 4 is 17.0 Å². The molecule has 0 aliphatic rings. The summed E-state index contributed by atoms with van der Waals surface area (Å²) in [6, 6.07) is 9.61. The van der Waals surface area contributed by atoms with Crippen LogP contribution in [-0.4, -0.2) is 11.5 Å². The number of nitriles is 1. The molecule has 2 rings (SSSR count). The number of anilines is 1. The molecule has 0 spiro atoms. The van der Waals surface area contributed by atoms with Crippen molar-refractivity contribution in [2.75, 3.05) is 11.9 Å². The van der Waals surface area contributed by atoms with Crippen LogP contribution in [0.5, 0.6) is 0 Å². The summed E-state index contributed by atoms with van der Waals surface area (Å²) >= 11 is 1.61. The Morgan fingerprint density at radius 3 is 3.12 bits per heavy atom. The predicted octanol–water partition coefficient (Wildman–Crippen LogP) is 2.67. The molecule has 0 radical (unpaired) electrons. The summed E-state index contributed by atoms with van der Waals surface area (Å²) in [5, 5.41) is 14.1. The third-order valence-corrected chi connectivity index (χ3v) is 2.82. The van der Waals surface area contributed by atoms with E-state index in [0.29, 0.717) is 5.56 Å². The van der Waals surface area contributed by atoms with E-state index in [0.717, 1.165) is 24.3 Å². The molecule has 0 amide bonds. The number of hydrogen-bond donors (Lipinski definition) is 1. The van der Waals surface area contributed by atoms with Crippen LogP contribution in [0.2, 0.25) is 0 Å². The molecule has 16 heavy (non-hydrogen) atoms. The van der Waals surface area contributed by atoms with E-state index >= 15 is 0 Å². The molecule has 2 aromatic rings. The predicted molar refractivity (Wildman–Crippen MR) is 65.5 cm³/mol. The van der Waals surface area contributed by atoms with Crippen molar-refractivity contribution in [2.45, 2.75) is 6.42 Å². The Balaban J connectivity index is 1.88. The monoisotopic (exact) mass is 229 g/mol. The molecule has 0 aliphatic heterocycles. The summed E-state index contributed by atoms with van der Waals surface area (Å²) in [5.74, 6) is 0. The minimum atomic E-state index is 0.679. The highest BCUT2D eigenvalue weighted by Gasteiger charge is 1.96. The third-order valence-electron chi connectivity index (χ3n) is 2.19. The van der Waals surface area contributed by atoms with Crippen LogP contribution in [0.1, 0.15) is 11.3 Å². The van der Waals surface area contributed by atoms with Crippen molar-refractivity contribution < 1.29 is 0 Å². The van der Waals surface area contributed by atoms with E-state index in [4.69, 9.17) is 5.26 Å². The van der Waals surface area contributed by atoms with Gasteiger partial charge in [0.1, 0.15) is 0 Å². The van der Waals surface area contributed by atoms with Crippen LogP contribution >= 0.6 is 11.3 Å². The second kappa shape index (κ2) is 5.29. The molecule has 0 atom stereocenters. The van der Waals surface area contributed by atoms with E-state index in [1.165, 1.54) is 0 Å². The number of nitrogens with zero attached hydrogens (tertiary/aromatic N) is 2. The maximum absolute atomic E-state index is 8.75. The zero-order chi connectivity index (χ0) is 11.2. The highest BCUT2D eigenvalue weighted by molar-refractivity contribution is 7.07. The zero-order valence-electron chi connectivity index (χ0n) is 8.68. The Morgan fingerprint density at radius 1 is 1.44 bits per heavy atom. The molecular formula is C12H11N3S. The Kier molecular flexibility index (Phi) is 3.52. The van der Waals surface area contributed by atoms with Crippen LogP contribution < -0.4 is 5.32 Å². The highest BCUT2D eigenvalue weighted by Crippen LogP contribution is 2.10. The van der Waals surface area contributed by atoms with Crippen molar-refractivity contribution in [1.82, 2.24) is 4.98 Å². The van der Waals surface area contributed by atoms with Gasteiger partial charge in [-0.1, -0.05) is 6.07 Å². The summed E-state index contributed by atoms with van der Waals surface area (Å²) < 4.78 is 0. The molecule has 4 heteroatoms. The molecule has 0 saturated heterocycles. The number of benzene rings is 1. The van der Waals surface area contributed by atoms with Gasteiger partial charge in [-0.25, -0.2) is 4.98 Å².